The van der Waals surface area contributed by atoms with E-state index < -0.39 is 0 Å². The van der Waals surface area contributed by atoms with Gasteiger partial charge in [-0.1, -0.05) is 0 Å². The highest BCUT2D eigenvalue weighted by molar-refractivity contribution is 5.92. The molecule has 0 heterocycles. The van der Waals surface area contributed by atoms with Gasteiger partial charge in [0.25, 0.3) is 0 Å². The number of hydrogen-bond acceptors (Lipinski definition) is 4. The Kier molecular flexibility index (Phi) is 4.04. The minimum Gasteiger partial charge on any atom is -0.504 e. The lowest BCUT2D eigenvalue weighted by Crippen LogP contribution is -2.29. The number of nitrogens with one attached hydrogen (secondary N) is 2. The van der Waals surface area contributed by atoms with Crippen molar-refractivity contribution < 1.29 is 14.6 Å². The van der Waals surface area contributed by atoms with Crippen LogP contribution in [-0.2, 0) is 4.79 Å². The standard InChI is InChI=1S/C13H18N2O3/c1-18-12-5-4-10(6-11(12)16)15-13(17)8-14-7-9-2-3-9/h4-6,9,14,16H,2-3,7-8H2,1H3,(H,15,17). The quantitative estimate of drug-likeness (QED) is 0.712. The van der Waals surface area contributed by atoms with Crippen molar-refractivity contribution in [2.75, 3.05) is 25.5 Å². The Bertz CT molecular complexity index is 430. The van der Waals surface area contributed by atoms with Crippen molar-refractivity contribution >= 4 is 11.6 Å². The molecule has 0 atom stereocenters. The van der Waals surface area contributed by atoms with Crippen molar-refractivity contribution in [1.82, 2.24) is 5.32 Å². The van der Waals surface area contributed by atoms with E-state index in [1.807, 2.05) is 0 Å². The van der Waals surface area contributed by atoms with Crippen LogP contribution < -0.4 is 15.4 Å². The highest BCUT2D eigenvalue weighted by Crippen LogP contribution is 2.28. The van der Waals surface area contributed by atoms with E-state index in [4.69, 9.17) is 4.74 Å². The second-order valence-corrected chi connectivity index (χ2v) is 4.51. The van der Waals surface area contributed by atoms with E-state index in [0.717, 1.165) is 12.5 Å². The molecule has 2 rings (SSSR count). The van der Waals surface area contributed by atoms with E-state index in [0.29, 0.717) is 18.0 Å². The smallest absolute Gasteiger partial charge is 0.238 e. The van der Waals surface area contributed by atoms with E-state index in [1.165, 1.54) is 26.0 Å². The Hall–Kier alpha value is -1.75. The van der Waals surface area contributed by atoms with Crippen LogP contribution in [0.4, 0.5) is 5.69 Å². The van der Waals surface area contributed by atoms with Gasteiger partial charge in [-0.05, 0) is 37.4 Å². The van der Waals surface area contributed by atoms with Crippen LogP contribution in [0.3, 0.4) is 0 Å². The van der Waals surface area contributed by atoms with Gasteiger partial charge in [-0.3, -0.25) is 4.79 Å². The molecule has 1 aliphatic carbocycles. The largest absolute Gasteiger partial charge is 0.504 e. The van der Waals surface area contributed by atoms with Gasteiger partial charge >= 0.3 is 0 Å². The number of carbonyl (C=O) groups is 1. The summed E-state index contributed by atoms with van der Waals surface area (Å²) in [5.74, 6) is 1.05. The Morgan fingerprint density at radius 1 is 1.50 bits per heavy atom. The number of benzene rings is 1. The third-order valence-corrected chi connectivity index (χ3v) is 2.88. The van der Waals surface area contributed by atoms with Crippen LogP contribution in [0.1, 0.15) is 12.8 Å². The van der Waals surface area contributed by atoms with Gasteiger partial charge in [0.15, 0.2) is 11.5 Å². The summed E-state index contributed by atoms with van der Waals surface area (Å²) in [5.41, 5.74) is 0.562. The molecular formula is C13H18N2O3. The van der Waals surface area contributed by atoms with Gasteiger partial charge in [-0.15, -0.1) is 0 Å². The van der Waals surface area contributed by atoms with Crippen molar-refractivity contribution in [2.24, 2.45) is 5.92 Å². The summed E-state index contributed by atoms with van der Waals surface area (Å²) in [6.45, 7) is 1.20. The van der Waals surface area contributed by atoms with Gasteiger partial charge in [0.05, 0.1) is 13.7 Å². The Morgan fingerprint density at radius 3 is 2.89 bits per heavy atom. The molecule has 0 bridgehead atoms. The van der Waals surface area contributed by atoms with Gasteiger partial charge < -0.3 is 20.5 Å². The summed E-state index contributed by atoms with van der Waals surface area (Å²) in [6, 6.07) is 4.78. The lowest BCUT2D eigenvalue weighted by Gasteiger charge is -2.08. The van der Waals surface area contributed by atoms with Crippen molar-refractivity contribution in [1.29, 1.82) is 0 Å². The molecule has 0 spiro atoms. The van der Waals surface area contributed by atoms with Gasteiger partial charge in [0.1, 0.15) is 0 Å². The first-order chi connectivity index (χ1) is 8.69. The van der Waals surface area contributed by atoms with Gasteiger partial charge in [-0.2, -0.15) is 0 Å². The number of carbonyl (C=O) groups excluding carboxylic acids is 1. The number of amides is 1. The van der Waals surface area contributed by atoms with Crippen molar-refractivity contribution in [3.63, 3.8) is 0 Å². The average molecular weight is 250 g/mol. The summed E-state index contributed by atoms with van der Waals surface area (Å²) >= 11 is 0. The molecule has 1 saturated carbocycles. The number of hydrogen-bond donors (Lipinski definition) is 3. The van der Waals surface area contributed by atoms with E-state index in [9.17, 15) is 9.90 Å². The second kappa shape index (κ2) is 5.73. The number of phenols is 1. The number of methoxy groups -OCH3 is 1. The molecule has 0 aliphatic heterocycles. The third kappa shape index (κ3) is 3.63. The SMILES string of the molecule is COc1ccc(NC(=O)CNCC2CC2)cc1O. The summed E-state index contributed by atoms with van der Waals surface area (Å²) in [4.78, 5) is 11.6. The van der Waals surface area contributed by atoms with Crippen molar-refractivity contribution in [3.05, 3.63) is 18.2 Å². The maximum Gasteiger partial charge on any atom is 0.238 e. The summed E-state index contributed by atoms with van der Waals surface area (Å²) < 4.78 is 4.93. The minimum atomic E-state index is -0.111. The van der Waals surface area contributed by atoms with E-state index in [-0.39, 0.29) is 11.7 Å². The highest BCUT2D eigenvalue weighted by Gasteiger charge is 2.20. The lowest BCUT2D eigenvalue weighted by molar-refractivity contribution is -0.115. The van der Waals surface area contributed by atoms with Crippen LogP contribution in [0, 0.1) is 5.92 Å². The topological polar surface area (TPSA) is 70.6 Å². The number of rotatable bonds is 6. The number of phenolic OH excluding ortho intramolecular Hbond substituents is 1. The zero-order chi connectivity index (χ0) is 13.0. The fourth-order valence-electron chi connectivity index (χ4n) is 1.68. The Balaban J connectivity index is 1.80. The molecule has 5 nitrogen and oxygen atoms in total. The van der Waals surface area contributed by atoms with Gasteiger partial charge in [0.2, 0.25) is 5.91 Å². The molecule has 5 heteroatoms. The number of aromatic hydroxyl groups is 1. The van der Waals surface area contributed by atoms with Crippen molar-refractivity contribution in [3.8, 4) is 11.5 Å². The normalized spacial score (nSPS) is 14.3. The maximum atomic E-state index is 11.6. The number of ether oxygens (including phenoxy) is 1. The van der Waals surface area contributed by atoms with Gasteiger partial charge in [-0.25, -0.2) is 0 Å². The van der Waals surface area contributed by atoms with E-state index in [2.05, 4.69) is 10.6 Å². The first-order valence-corrected chi connectivity index (χ1v) is 6.06. The van der Waals surface area contributed by atoms with Gasteiger partial charge in [0, 0.05) is 11.8 Å². The van der Waals surface area contributed by atoms with E-state index in [1.54, 1.807) is 12.1 Å². The molecule has 0 saturated heterocycles. The number of anilines is 1. The van der Waals surface area contributed by atoms with Crippen LogP contribution in [0.5, 0.6) is 11.5 Å². The van der Waals surface area contributed by atoms with E-state index >= 15 is 0 Å². The molecule has 18 heavy (non-hydrogen) atoms. The van der Waals surface area contributed by atoms with Crippen LogP contribution in [0.2, 0.25) is 0 Å². The molecule has 1 aromatic rings. The fraction of sp³-hybridized carbons (Fsp3) is 0.462. The third-order valence-electron chi connectivity index (χ3n) is 2.88. The summed E-state index contributed by atoms with van der Waals surface area (Å²) in [7, 11) is 1.48. The predicted octanol–water partition coefficient (Wildman–Crippen LogP) is 1.34. The van der Waals surface area contributed by atoms with Crippen LogP contribution >= 0.6 is 0 Å². The molecule has 3 N–H and O–H groups in total. The molecule has 0 aromatic heterocycles. The molecule has 1 aromatic carbocycles. The summed E-state index contributed by atoms with van der Waals surface area (Å²) in [5, 5.41) is 15.4. The monoisotopic (exact) mass is 250 g/mol. The van der Waals surface area contributed by atoms with Crippen molar-refractivity contribution in [2.45, 2.75) is 12.8 Å². The van der Waals surface area contributed by atoms with Crippen LogP contribution in [-0.4, -0.2) is 31.2 Å². The predicted molar refractivity (Wildman–Crippen MR) is 68.9 cm³/mol. The zero-order valence-electron chi connectivity index (χ0n) is 10.4. The zero-order valence-corrected chi connectivity index (χ0v) is 10.4. The molecule has 1 fully saturated rings. The second-order valence-electron chi connectivity index (χ2n) is 4.51. The molecular weight excluding hydrogens is 232 g/mol. The Morgan fingerprint density at radius 2 is 2.28 bits per heavy atom. The maximum absolute atomic E-state index is 11.6. The molecule has 1 aliphatic rings. The lowest BCUT2D eigenvalue weighted by atomic mass is 10.2. The molecule has 98 valence electrons. The molecule has 1 amide bonds. The minimum absolute atomic E-state index is 0.0150. The fourth-order valence-corrected chi connectivity index (χ4v) is 1.68. The first-order valence-electron chi connectivity index (χ1n) is 6.06. The molecule has 0 unspecified atom stereocenters. The molecule has 0 radical (unpaired) electrons. The Labute approximate surface area is 106 Å². The average Bonchev–Trinajstić information content (AvgIpc) is 3.13. The highest BCUT2D eigenvalue weighted by atomic mass is 16.5. The van der Waals surface area contributed by atoms with Crippen LogP contribution in [0.25, 0.3) is 0 Å². The van der Waals surface area contributed by atoms with Crippen LogP contribution in [0.15, 0.2) is 18.2 Å². The first kappa shape index (κ1) is 12.7. The summed E-state index contributed by atoms with van der Waals surface area (Å²) in [6.07, 6.45) is 2.53.